The van der Waals surface area contributed by atoms with Gasteiger partial charge >= 0.3 is 0 Å². The molecule has 2 aromatic heterocycles. The molecule has 0 unspecified atom stereocenters. The molecule has 6 heteroatoms. The molecule has 2 rings (SSSR count). The number of anilines is 1. The Morgan fingerprint density at radius 2 is 2.31 bits per heavy atom. The van der Waals surface area contributed by atoms with E-state index >= 15 is 0 Å². The van der Waals surface area contributed by atoms with Crippen LogP contribution < -0.4 is 5.32 Å². The number of amides is 1. The number of hydrogen-bond acceptors (Lipinski definition) is 5. The predicted octanol–water partition coefficient (Wildman–Crippen LogP) is 1.66. The van der Waals surface area contributed by atoms with E-state index in [2.05, 4.69) is 15.3 Å². The number of aromatic nitrogens is 2. The van der Waals surface area contributed by atoms with Crippen LogP contribution in [0.25, 0.3) is 0 Å². The van der Waals surface area contributed by atoms with Gasteiger partial charge in [-0.2, -0.15) is 5.26 Å². The van der Waals surface area contributed by atoms with Crippen molar-refractivity contribution in [1.82, 2.24) is 9.97 Å². The highest BCUT2D eigenvalue weighted by molar-refractivity contribution is 7.16. The van der Waals surface area contributed by atoms with Gasteiger partial charge in [0.1, 0.15) is 16.6 Å². The Labute approximate surface area is 95.4 Å². The number of nitriles is 1. The second kappa shape index (κ2) is 4.51. The fraction of sp³-hybridized carbons (Fsp3) is 0. The third kappa shape index (κ3) is 2.21. The van der Waals surface area contributed by atoms with Crippen molar-refractivity contribution in [1.29, 1.82) is 5.26 Å². The van der Waals surface area contributed by atoms with Crippen LogP contribution in [0.1, 0.15) is 15.4 Å². The third-order valence-corrected chi connectivity index (χ3v) is 2.55. The van der Waals surface area contributed by atoms with Crippen molar-refractivity contribution in [3.05, 3.63) is 41.2 Å². The summed E-state index contributed by atoms with van der Waals surface area (Å²) < 4.78 is 0. The zero-order chi connectivity index (χ0) is 11.4. The molecule has 0 bridgehead atoms. The lowest BCUT2D eigenvalue weighted by Crippen LogP contribution is -2.12. The number of carbonyl (C=O) groups is 1. The summed E-state index contributed by atoms with van der Waals surface area (Å²) in [5.41, 5.74) is 0.316. The normalized spacial score (nSPS) is 9.44. The van der Waals surface area contributed by atoms with Crippen LogP contribution >= 0.6 is 11.3 Å². The summed E-state index contributed by atoms with van der Waals surface area (Å²) in [5.74, 6) is -0.334. The first kappa shape index (κ1) is 10.3. The van der Waals surface area contributed by atoms with Crippen LogP contribution in [0.5, 0.6) is 0 Å². The minimum atomic E-state index is -0.334. The number of rotatable bonds is 2. The molecule has 5 nitrogen and oxygen atoms in total. The lowest BCUT2D eigenvalue weighted by Gasteiger charge is -1.99. The Kier molecular flexibility index (Phi) is 2.89. The molecule has 2 aromatic rings. The number of thiazole rings is 1. The van der Waals surface area contributed by atoms with E-state index in [1.165, 1.54) is 12.4 Å². The van der Waals surface area contributed by atoms with E-state index in [1.54, 1.807) is 18.2 Å². The largest absolute Gasteiger partial charge is 0.296 e. The zero-order valence-corrected chi connectivity index (χ0v) is 8.86. The minimum absolute atomic E-state index is 0.316. The first-order valence-electron chi connectivity index (χ1n) is 4.38. The second-order valence-electron chi connectivity index (χ2n) is 2.81. The molecule has 0 atom stereocenters. The Morgan fingerprint density at radius 1 is 1.44 bits per heavy atom. The standard InChI is InChI=1S/C10H6N4OS/c11-5-7-6-13-10(16-7)14-9(15)8-3-1-2-4-12-8/h1-4,6H,(H,13,14,15). The van der Waals surface area contributed by atoms with Gasteiger partial charge in [-0.25, -0.2) is 4.98 Å². The number of carbonyl (C=O) groups excluding carboxylic acids is 1. The van der Waals surface area contributed by atoms with Gasteiger partial charge in [0.2, 0.25) is 0 Å². The molecule has 0 aromatic carbocycles. The molecule has 16 heavy (non-hydrogen) atoms. The quantitative estimate of drug-likeness (QED) is 0.850. The van der Waals surface area contributed by atoms with Gasteiger partial charge in [-0.15, -0.1) is 0 Å². The van der Waals surface area contributed by atoms with Crippen LogP contribution in [0.15, 0.2) is 30.6 Å². The van der Waals surface area contributed by atoms with Crippen LogP contribution in [0.4, 0.5) is 5.13 Å². The van der Waals surface area contributed by atoms with Gasteiger partial charge in [0.15, 0.2) is 5.13 Å². The van der Waals surface area contributed by atoms with Crippen molar-refractivity contribution in [2.45, 2.75) is 0 Å². The van der Waals surface area contributed by atoms with E-state index in [0.717, 1.165) is 11.3 Å². The van der Waals surface area contributed by atoms with E-state index in [1.807, 2.05) is 6.07 Å². The maximum absolute atomic E-state index is 11.6. The Hall–Kier alpha value is -2.26. The average Bonchev–Trinajstić information content (AvgIpc) is 2.78. The van der Waals surface area contributed by atoms with Crippen LogP contribution in [0, 0.1) is 11.3 Å². The molecule has 78 valence electrons. The monoisotopic (exact) mass is 230 g/mol. The summed E-state index contributed by atoms with van der Waals surface area (Å²) in [5, 5.41) is 11.6. The summed E-state index contributed by atoms with van der Waals surface area (Å²) in [6.45, 7) is 0. The molecular weight excluding hydrogens is 224 g/mol. The van der Waals surface area contributed by atoms with E-state index < -0.39 is 0 Å². The van der Waals surface area contributed by atoms with Crippen LogP contribution in [-0.2, 0) is 0 Å². The third-order valence-electron chi connectivity index (χ3n) is 1.73. The van der Waals surface area contributed by atoms with Gasteiger partial charge in [0.25, 0.3) is 5.91 Å². The highest BCUT2D eigenvalue weighted by Crippen LogP contribution is 2.17. The van der Waals surface area contributed by atoms with Crippen molar-refractivity contribution >= 4 is 22.4 Å². The van der Waals surface area contributed by atoms with Crippen molar-refractivity contribution < 1.29 is 4.79 Å². The fourth-order valence-electron chi connectivity index (χ4n) is 1.04. The summed E-state index contributed by atoms with van der Waals surface area (Å²) >= 11 is 1.12. The maximum Gasteiger partial charge on any atom is 0.276 e. The minimum Gasteiger partial charge on any atom is -0.296 e. The molecule has 0 spiro atoms. The van der Waals surface area contributed by atoms with Gasteiger partial charge in [-0.3, -0.25) is 15.1 Å². The smallest absolute Gasteiger partial charge is 0.276 e. The maximum atomic E-state index is 11.6. The topological polar surface area (TPSA) is 78.7 Å². The highest BCUT2D eigenvalue weighted by atomic mass is 32.1. The molecule has 0 aliphatic carbocycles. The molecular formula is C10H6N4OS. The first-order valence-corrected chi connectivity index (χ1v) is 5.19. The number of pyridine rings is 1. The first-order chi connectivity index (χ1) is 7.79. The Bertz CT molecular complexity index is 543. The Balaban J connectivity index is 2.11. The van der Waals surface area contributed by atoms with Gasteiger partial charge in [0.05, 0.1) is 6.20 Å². The predicted molar refractivity (Wildman–Crippen MR) is 59.0 cm³/mol. The molecule has 0 saturated carbocycles. The average molecular weight is 230 g/mol. The number of nitrogens with one attached hydrogen (secondary N) is 1. The second-order valence-corrected chi connectivity index (χ2v) is 3.84. The summed E-state index contributed by atoms with van der Waals surface area (Å²) in [4.78, 5) is 19.9. The molecule has 1 N–H and O–H groups in total. The van der Waals surface area contributed by atoms with Gasteiger partial charge in [-0.1, -0.05) is 17.4 Å². The van der Waals surface area contributed by atoms with E-state index in [0.29, 0.717) is 15.7 Å². The van der Waals surface area contributed by atoms with Gasteiger partial charge in [0, 0.05) is 6.20 Å². The van der Waals surface area contributed by atoms with Crippen molar-refractivity contribution in [3.8, 4) is 6.07 Å². The lowest BCUT2D eigenvalue weighted by atomic mass is 10.3. The van der Waals surface area contributed by atoms with Crippen molar-refractivity contribution in [2.75, 3.05) is 5.32 Å². The fourth-order valence-corrected chi connectivity index (χ4v) is 1.65. The number of hydrogen-bond donors (Lipinski definition) is 1. The van der Waals surface area contributed by atoms with Gasteiger partial charge < -0.3 is 0 Å². The number of nitrogens with zero attached hydrogens (tertiary/aromatic N) is 3. The molecule has 1 amide bonds. The molecule has 0 fully saturated rings. The van der Waals surface area contributed by atoms with E-state index in [9.17, 15) is 4.79 Å². The molecule has 0 saturated heterocycles. The van der Waals surface area contributed by atoms with E-state index in [4.69, 9.17) is 5.26 Å². The highest BCUT2D eigenvalue weighted by Gasteiger charge is 2.09. The van der Waals surface area contributed by atoms with Crippen molar-refractivity contribution in [3.63, 3.8) is 0 Å². The molecule has 2 heterocycles. The summed E-state index contributed by atoms with van der Waals surface area (Å²) in [6.07, 6.45) is 2.95. The van der Waals surface area contributed by atoms with Gasteiger partial charge in [-0.05, 0) is 12.1 Å². The zero-order valence-electron chi connectivity index (χ0n) is 8.04. The van der Waals surface area contributed by atoms with Crippen LogP contribution in [0.2, 0.25) is 0 Å². The summed E-state index contributed by atoms with van der Waals surface area (Å²) in [7, 11) is 0. The van der Waals surface area contributed by atoms with Crippen LogP contribution in [-0.4, -0.2) is 15.9 Å². The summed E-state index contributed by atoms with van der Waals surface area (Å²) in [6, 6.07) is 7.01. The van der Waals surface area contributed by atoms with Crippen molar-refractivity contribution in [2.24, 2.45) is 0 Å². The Morgan fingerprint density at radius 3 is 2.94 bits per heavy atom. The molecule has 0 radical (unpaired) electrons. The molecule has 0 aliphatic rings. The van der Waals surface area contributed by atoms with Crippen LogP contribution in [0.3, 0.4) is 0 Å². The van der Waals surface area contributed by atoms with E-state index in [-0.39, 0.29) is 5.91 Å². The lowest BCUT2D eigenvalue weighted by molar-refractivity contribution is 0.102. The SMILES string of the molecule is N#Cc1cnc(NC(=O)c2ccccn2)s1. The molecule has 0 aliphatic heterocycles.